The summed E-state index contributed by atoms with van der Waals surface area (Å²) in [4.78, 5) is 0. The lowest BCUT2D eigenvalue weighted by molar-refractivity contribution is -0.910. The molecule has 0 aromatic heterocycles. The summed E-state index contributed by atoms with van der Waals surface area (Å²) in [6.07, 6.45) is 30.3. The quantitative estimate of drug-likeness (QED) is 0.115. The lowest BCUT2D eigenvalue weighted by atomic mass is 10.1. The van der Waals surface area contributed by atoms with Gasteiger partial charge in [0, 0.05) is 0 Å². The molecular weight excluding hydrogens is 386 g/mol. The van der Waals surface area contributed by atoms with E-state index in [1.807, 2.05) is 0 Å². The normalized spacial score (nSPS) is 13.2. The van der Waals surface area contributed by atoms with E-state index < -0.39 is 0 Å². The molecule has 1 unspecified atom stereocenters. The van der Waals surface area contributed by atoms with Gasteiger partial charge < -0.3 is 16.9 Å². The van der Waals surface area contributed by atoms with E-state index in [-0.39, 0.29) is 12.4 Å². The second kappa shape index (κ2) is 25.5. The van der Waals surface area contributed by atoms with Crippen LogP contribution in [0.4, 0.5) is 0 Å². The van der Waals surface area contributed by atoms with Crippen LogP contribution in [0.15, 0.2) is 0 Å². The van der Waals surface area contributed by atoms with Crippen LogP contribution in [0.25, 0.3) is 0 Å². The molecule has 0 radical (unpaired) electrons. The van der Waals surface area contributed by atoms with Crippen LogP contribution in [0.5, 0.6) is 0 Å². The van der Waals surface area contributed by atoms with Gasteiger partial charge in [-0.3, -0.25) is 0 Å². The first kappa shape index (κ1) is 32.4. The maximum atomic E-state index is 2.57. The van der Waals surface area contributed by atoms with E-state index >= 15 is 0 Å². The third-order valence-electron chi connectivity index (χ3n) is 6.90. The number of unbranched alkanes of at least 4 members (excludes halogenated alkanes) is 18. The third-order valence-corrected chi connectivity index (χ3v) is 6.90. The Balaban J connectivity index is 0. The molecular formula is C28H60ClN. The third kappa shape index (κ3) is 22.9. The molecule has 2 heteroatoms. The van der Waals surface area contributed by atoms with Crippen LogP contribution in [0.3, 0.4) is 0 Å². The summed E-state index contributed by atoms with van der Waals surface area (Å²) in [5.41, 5.74) is 0. The lowest BCUT2D eigenvalue weighted by Crippen LogP contribution is -3.00. The van der Waals surface area contributed by atoms with Gasteiger partial charge in [-0.05, 0) is 38.5 Å². The molecule has 0 heterocycles. The van der Waals surface area contributed by atoms with Crippen LogP contribution < -0.4 is 12.4 Å². The van der Waals surface area contributed by atoms with Crippen molar-refractivity contribution in [3.63, 3.8) is 0 Å². The maximum Gasteiger partial charge on any atom is 0.0784 e. The van der Waals surface area contributed by atoms with Crippen molar-refractivity contribution in [2.75, 3.05) is 26.7 Å². The molecule has 0 aliphatic heterocycles. The highest BCUT2D eigenvalue weighted by Crippen LogP contribution is 2.16. The Morgan fingerprint density at radius 2 is 0.533 bits per heavy atom. The second-order valence-corrected chi connectivity index (χ2v) is 10.2. The van der Waals surface area contributed by atoms with Crippen molar-refractivity contribution < 1.29 is 16.9 Å². The summed E-state index contributed by atoms with van der Waals surface area (Å²) in [7, 11) is 2.57. The molecule has 0 aliphatic rings. The standard InChI is InChI=1S/C28H60N.ClH/c1-5-8-11-14-17-19-22-25-28-29(4,26-23-20-16-13-10-7-3)27-24-21-18-15-12-9-6-2;/h5-28H2,1-4H3;1H/q+1;/p-1. The molecule has 0 saturated carbocycles. The van der Waals surface area contributed by atoms with Crippen LogP contribution in [0.1, 0.15) is 156 Å². The smallest absolute Gasteiger partial charge is 0.0784 e. The minimum absolute atomic E-state index is 0. The lowest BCUT2D eigenvalue weighted by Gasteiger charge is -2.35. The van der Waals surface area contributed by atoms with Crippen LogP contribution >= 0.6 is 0 Å². The van der Waals surface area contributed by atoms with Gasteiger partial charge in [-0.1, -0.05) is 117 Å². The second-order valence-electron chi connectivity index (χ2n) is 10.2. The highest BCUT2D eigenvalue weighted by Gasteiger charge is 2.20. The number of halogens is 1. The minimum Gasteiger partial charge on any atom is -1.00 e. The Kier molecular flexibility index (Phi) is 27.6. The fraction of sp³-hybridized carbons (Fsp3) is 1.00. The molecule has 0 aromatic rings. The van der Waals surface area contributed by atoms with Crippen molar-refractivity contribution in [3.05, 3.63) is 0 Å². The maximum absolute atomic E-state index is 2.57. The first-order chi connectivity index (χ1) is 14.2. The highest BCUT2D eigenvalue weighted by molar-refractivity contribution is 4.51. The van der Waals surface area contributed by atoms with Gasteiger partial charge in [0.15, 0.2) is 0 Å². The van der Waals surface area contributed by atoms with Gasteiger partial charge in [-0.2, -0.15) is 0 Å². The summed E-state index contributed by atoms with van der Waals surface area (Å²) < 4.78 is 1.36. The first-order valence-electron chi connectivity index (χ1n) is 14.0. The molecule has 0 aliphatic carbocycles. The zero-order valence-corrected chi connectivity index (χ0v) is 22.6. The summed E-state index contributed by atoms with van der Waals surface area (Å²) >= 11 is 0. The molecule has 0 rings (SSSR count). The Bertz CT molecular complexity index is 307. The van der Waals surface area contributed by atoms with E-state index in [1.165, 1.54) is 159 Å². The highest BCUT2D eigenvalue weighted by atomic mass is 35.5. The Hall–Kier alpha value is 0.250. The van der Waals surface area contributed by atoms with Gasteiger partial charge >= 0.3 is 0 Å². The molecule has 30 heavy (non-hydrogen) atoms. The van der Waals surface area contributed by atoms with Crippen molar-refractivity contribution in [3.8, 4) is 0 Å². The molecule has 0 bridgehead atoms. The van der Waals surface area contributed by atoms with Gasteiger partial charge in [0.2, 0.25) is 0 Å². The molecule has 0 amide bonds. The zero-order chi connectivity index (χ0) is 21.5. The predicted molar refractivity (Wildman–Crippen MR) is 135 cm³/mol. The Morgan fingerprint density at radius 1 is 0.333 bits per heavy atom. The summed E-state index contributed by atoms with van der Waals surface area (Å²) in [5.74, 6) is 0. The molecule has 184 valence electrons. The molecule has 0 aromatic carbocycles. The van der Waals surface area contributed by atoms with Gasteiger partial charge in [0.1, 0.15) is 0 Å². The van der Waals surface area contributed by atoms with E-state index in [2.05, 4.69) is 27.8 Å². The van der Waals surface area contributed by atoms with E-state index in [4.69, 9.17) is 0 Å². The van der Waals surface area contributed by atoms with Crippen molar-refractivity contribution in [2.45, 2.75) is 156 Å². The van der Waals surface area contributed by atoms with E-state index in [0.717, 1.165) is 0 Å². The molecule has 1 atom stereocenters. The fourth-order valence-electron chi connectivity index (χ4n) is 4.69. The van der Waals surface area contributed by atoms with E-state index in [9.17, 15) is 0 Å². The number of hydrogen-bond acceptors (Lipinski definition) is 0. The van der Waals surface area contributed by atoms with Gasteiger partial charge in [-0.15, -0.1) is 0 Å². The number of rotatable bonds is 24. The van der Waals surface area contributed by atoms with Crippen LogP contribution in [0.2, 0.25) is 0 Å². The predicted octanol–water partition coefficient (Wildman–Crippen LogP) is 6.69. The van der Waals surface area contributed by atoms with Crippen molar-refractivity contribution in [1.29, 1.82) is 0 Å². The molecule has 0 N–H and O–H groups in total. The number of quaternary nitrogens is 1. The SMILES string of the molecule is CCCCCCCCCC[N+](C)(CCCCCCCC)CCCCCCCCC.[Cl-]. The molecule has 0 saturated heterocycles. The molecule has 1 nitrogen and oxygen atoms in total. The van der Waals surface area contributed by atoms with Gasteiger partial charge in [-0.25, -0.2) is 0 Å². The monoisotopic (exact) mass is 445 g/mol. The fourth-order valence-corrected chi connectivity index (χ4v) is 4.69. The average molecular weight is 446 g/mol. The van der Waals surface area contributed by atoms with Gasteiger partial charge in [0.05, 0.1) is 26.7 Å². The van der Waals surface area contributed by atoms with Crippen molar-refractivity contribution >= 4 is 0 Å². The summed E-state index contributed by atoms with van der Waals surface area (Å²) in [5, 5.41) is 0. The molecule has 0 fully saturated rings. The summed E-state index contributed by atoms with van der Waals surface area (Å²) in [6.45, 7) is 11.2. The molecule has 0 spiro atoms. The Labute approximate surface area is 199 Å². The average Bonchev–Trinajstić information content (AvgIpc) is 2.72. The largest absolute Gasteiger partial charge is 1.00 e. The number of nitrogens with zero attached hydrogens (tertiary/aromatic N) is 1. The van der Waals surface area contributed by atoms with Crippen LogP contribution in [0, 0.1) is 0 Å². The summed E-state index contributed by atoms with van der Waals surface area (Å²) in [6, 6.07) is 0. The zero-order valence-electron chi connectivity index (χ0n) is 21.8. The number of hydrogen-bond donors (Lipinski definition) is 0. The van der Waals surface area contributed by atoms with Crippen LogP contribution in [-0.4, -0.2) is 31.2 Å². The van der Waals surface area contributed by atoms with Gasteiger partial charge in [0.25, 0.3) is 0 Å². The minimum atomic E-state index is 0. The first-order valence-corrected chi connectivity index (χ1v) is 14.0. The van der Waals surface area contributed by atoms with Crippen molar-refractivity contribution in [2.24, 2.45) is 0 Å². The van der Waals surface area contributed by atoms with E-state index in [1.54, 1.807) is 0 Å². The van der Waals surface area contributed by atoms with E-state index in [0.29, 0.717) is 0 Å². The topological polar surface area (TPSA) is 0 Å². The van der Waals surface area contributed by atoms with Crippen molar-refractivity contribution in [1.82, 2.24) is 0 Å². The van der Waals surface area contributed by atoms with Crippen LogP contribution in [-0.2, 0) is 0 Å². The Morgan fingerprint density at radius 3 is 0.767 bits per heavy atom.